The number of piperidine rings is 1. The lowest BCUT2D eigenvalue weighted by molar-refractivity contribution is -0.128. The highest BCUT2D eigenvalue weighted by Gasteiger charge is 2.24. The molecule has 1 saturated heterocycles. The van der Waals surface area contributed by atoms with Crippen LogP contribution in [0, 0.1) is 13.8 Å². The van der Waals surface area contributed by atoms with E-state index in [4.69, 9.17) is 0 Å². The smallest absolute Gasteiger partial charge is 0.234 e. The number of anilines is 1. The largest absolute Gasteiger partial charge is 0.312 e. The third-order valence-corrected chi connectivity index (χ3v) is 2.78. The molecular weight excluding hydrogens is 202 g/mol. The molecule has 1 aromatic rings. The molecule has 0 saturated carbocycles. The van der Waals surface area contributed by atoms with Crippen LogP contribution in [0.4, 0.5) is 5.69 Å². The number of carbonyl (C=O) groups excluding carboxylic acids is 2. The van der Waals surface area contributed by atoms with Gasteiger partial charge in [-0.1, -0.05) is 6.07 Å². The summed E-state index contributed by atoms with van der Waals surface area (Å²) < 4.78 is 0. The summed E-state index contributed by atoms with van der Waals surface area (Å²) >= 11 is 0. The Balaban J connectivity index is 2.30. The summed E-state index contributed by atoms with van der Waals surface area (Å²) in [6.45, 7) is 4.53. The Morgan fingerprint density at radius 2 is 1.69 bits per heavy atom. The Morgan fingerprint density at radius 1 is 1.06 bits per heavy atom. The van der Waals surface area contributed by atoms with Gasteiger partial charge in [-0.05, 0) is 37.1 Å². The van der Waals surface area contributed by atoms with E-state index in [1.165, 1.54) is 0 Å². The van der Waals surface area contributed by atoms with Crippen LogP contribution in [0.1, 0.15) is 24.0 Å². The summed E-state index contributed by atoms with van der Waals surface area (Å²) in [4.78, 5) is 24.6. The molecule has 3 heteroatoms. The summed E-state index contributed by atoms with van der Waals surface area (Å²) in [5.41, 5.74) is 3.19. The van der Waals surface area contributed by atoms with Gasteiger partial charge in [-0.2, -0.15) is 0 Å². The first-order valence-corrected chi connectivity index (χ1v) is 5.46. The van der Waals surface area contributed by atoms with Crippen molar-refractivity contribution in [3.63, 3.8) is 0 Å². The SMILES string of the molecule is Cc1cc(C)cc(N2CCC(=O)CC2=O)c1. The molecule has 84 valence electrons. The minimum absolute atomic E-state index is 0.0469. The summed E-state index contributed by atoms with van der Waals surface area (Å²) in [5.74, 6) is -0.0353. The van der Waals surface area contributed by atoms with Crippen molar-refractivity contribution in [2.45, 2.75) is 26.7 Å². The number of ketones is 1. The molecule has 16 heavy (non-hydrogen) atoms. The fourth-order valence-corrected chi connectivity index (χ4v) is 2.09. The zero-order valence-electron chi connectivity index (χ0n) is 9.62. The molecule has 0 atom stereocenters. The van der Waals surface area contributed by atoms with Crippen molar-refractivity contribution >= 4 is 17.4 Å². The molecule has 0 spiro atoms. The lowest BCUT2D eigenvalue weighted by atomic mass is 10.1. The summed E-state index contributed by atoms with van der Waals surface area (Å²) in [6, 6.07) is 6.05. The first-order chi connectivity index (χ1) is 7.56. The maximum absolute atomic E-state index is 11.7. The zero-order valence-corrected chi connectivity index (χ0v) is 9.62. The molecule has 1 aliphatic rings. The maximum Gasteiger partial charge on any atom is 0.234 e. The Hall–Kier alpha value is -1.64. The van der Waals surface area contributed by atoms with E-state index in [1.54, 1.807) is 4.90 Å². The zero-order chi connectivity index (χ0) is 11.7. The van der Waals surface area contributed by atoms with Gasteiger partial charge < -0.3 is 4.90 Å². The molecule has 0 aromatic heterocycles. The predicted octanol–water partition coefficient (Wildman–Crippen LogP) is 2.00. The van der Waals surface area contributed by atoms with Crippen molar-refractivity contribution in [2.75, 3.05) is 11.4 Å². The molecule has 0 bridgehead atoms. The van der Waals surface area contributed by atoms with Crippen molar-refractivity contribution < 1.29 is 9.59 Å². The van der Waals surface area contributed by atoms with Gasteiger partial charge in [-0.3, -0.25) is 9.59 Å². The number of nitrogens with zero attached hydrogens (tertiary/aromatic N) is 1. The number of hydrogen-bond donors (Lipinski definition) is 0. The van der Waals surface area contributed by atoms with Crippen molar-refractivity contribution in [2.24, 2.45) is 0 Å². The lowest BCUT2D eigenvalue weighted by Crippen LogP contribution is -2.39. The maximum atomic E-state index is 11.7. The third kappa shape index (κ3) is 2.13. The van der Waals surface area contributed by atoms with Crippen LogP contribution in [0.5, 0.6) is 0 Å². The van der Waals surface area contributed by atoms with Gasteiger partial charge in [0.05, 0.1) is 6.42 Å². The highest BCUT2D eigenvalue weighted by molar-refractivity contribution is 6.08. The van der Waals surface area contributed by atoms with Gasteiger partial charge >= 0.3 is 0 Å². The summed E-state index contributed by atoms with van der Waals surface area (Å²) in [5, 5.41) is 0. The van der Waals surface area contributed by atoms with Gasteiger partial charge in [-0.25, -0.2) is 0 Å². The van der Waals surface area contributed by atoms with E-state index >= 15 is 0 Å². The molecule has 3 nitrogen and oxygen atoms in total. The molecule has 0 aliphatic carbocycles. The van der Waals surface area contributed by atoms with E-state index in [0.717, 1.165) is 16.8 Å². The molecule has 1 aromatic carbocycles. The molecule has 1 aliphatic heterocycles. The minimum Gasteiger partial charge on any atom is -0.312 e. The van der Waals surface area contributed by atoms with Crippen LogP contribution < -0.4 is 4.90 Å². The number of Topliss-reactive ketones (excluding diaryl/α,β-unsaturated/α-hetero) is 1. The van der Waals surface area contributed by atoms with Crippen LogP contribution >= 0.6 is 0 Å². The van der Waals surface area contributed by atoms with E-state index in [9.17, 15) is 9.59 Å². The van der Waals surface area contributed by atoms with Crippen molar-refractivity contribution in [1.82, 2.24) is 0 Å². The first-order valence-electron chi connectivity index (χ1n) is 5.46. The normalized spacial score (nSPS) is 16.8. The average Bonchev–Trinajstić information content (AvgIpc) is 2.15. The topological polar surface area (TPSA) is 37.4 Å². The van der Waals surface area contributed by atoms with Gasteiger partial charge in [-0.15, -0.1) is 0 Å². The van der Waals surface area contributed by atoms with E-state index < -0.39 is 0 Å². The number of benzene rings is 1. The van der Waals surface area contributed by atoms with Crippen molar-refractivity contribution in [3.05, 3.63) is 29.3 Å². The van der Waals surface area contributed by atoms with Gasteiger partial charge in [0.1, 0.15) is 5.78 Å². The molecule has 1 heterocycles. The second-order valence-corrected chi connectivity index (χ2v) is 4.36. The van der Waals surface area contributed by atoms with Gasteiger partial charge in [0.2, 0.25) is 5.91 Å². The highest BCUT2D eigenvalue weighted by Crippen LogP contribution is 2.22. The Morgan fingerprint density at radius 3 is 2.25 bits per heavy atom. The fourth-order valence-electron chi connectivity index (χ4n) is 2.09. The van der Waals surface area contributed by atoms with Crippen LogP contribution in [-0.4, -0.2) is 18.2 Å². The van der Waals surface area contributed by atoms with E-state index in [1.807, 2.05) is 26.0 Å². The monoisotopic (exact) mass is 217 g/mol. The van der Waals surface area contributed by atoms with Gasteiger partial charge in [0.15, 0.2) is 0 Å². The number of hydrogen-bond acceptors (Lipinski definition) is 2. The number of rotatable bonds is 1. The third-order valence-electron chi connectivity index (χ3n) is 2.78. The number of amides is 1. The standard InChI is InChI=1S/C13H15NO2/c1-9-5-10(2)7-11(6-9)14-4-3-12(15)8-13(14)16/h5-7H,3-4,8H2,1-2H3. The average molecular weight is 217 g/mol. The predicted molar refractivity (Wildman–Crippen MR) is 62.5 cm³/mol. The fraction of sp³-hybridized carbons (Fsp3) is 0.385. The minimum atomic E-state index is -0.0822. The van der Waals surface area contributed by atoms with E-state index in [0.29, 0.717) is 13.0 Å². The van der Waals surface area contributed by atoms with Crippen molar-refractivity contribution in [1.29, 1.82) is 0 Å². The number of carbonyl (C=O) groups is 2. The number of aryl methyl sites for hydroxylation is 2. The second kappa shape index (κ2) is 4.08. The Bertz CT molecular complexity index is 431. The second-order valence-electron chi connectivity index (χ2n) is 4.36. The van der Waals surface area contributed by atoms with Gasteiger partial charge in [0.25, 0.3) is 0 Å². The molecular formula is C13H15NO2. The summed E-state index contributed by atoms with van der Waals surface area (Å²) in [7, 11) is 0. The highest BCUT2D eigenvalue weighted by atomic mass is 16.2. The molecule has 1 fully saturated rings. The molecule has 0 unspecified atom stereocenters. The lowest BCUT2D eigenvalue weighted by Gasteiger charge is -2.26. The van der Waals surface area contributed by atoms with Crippen LogP contribution in [0.25, 0.3) is 0 Å². The summed E-state index contributed by atoms with van der Waals surface area (Å²) in [6.07, 6.45) is 0.520. The van der Waals surface area contributed by atoms with Gasteiger partial charge in [0, 0.05) is 18.7 Å². The van der Waals surface area contributed by atoms with Crippen molar-refractivity contribution in [3.8, 4) is 0 Å². The first kappa shape index (κ1) is 10.9. The Kier molecular flexibility index (Phi) is 2.77. The molecule has 0 N–H and O–H groups in total. The molecule has 1 amide bonds. The van der Waals surface area contributed by atoms with Crippen LogP contribution in [-0.2, 0) is 9.59 Å². The molecule has 0 radical (unpaired) electrons. The van der Waals surface area contributed by atoms with E-state index in [-0.39, 0.29) is 18.1 Å². The van der Waals surface area contributed by atoms with Crippen LogP contribution in [0.15, 0.2) is 18.2 Å². The van der Waals surface area contributed by atoms with E-state index in [2.05, 4.69) is 6.07 Å². The van der Waals surface area contributed by atoms with Crippen LogP contribution in [0.2, 0.25) is 0 Å². The quantitative estimate of drug-likeness (QED) is 0.675. The molecule has 2 rings (SSSR count). The Labute approximate surface area is 95.1 Å². The van der Waals surface area contributed by atoms with Crippen LogP contribution in [0.3, 0.4) is 0 Å².